The molecule has 0 amide bonds. The fraction of sp³-hybridized carbons (Fsp3) is 0.182. The highest BCUT2D eigenvalue weighted by molar-refractivity contribution is 9.10. The van der Waals surface area contributed by atoms with Gasteiger partial charge in [0, 0.05) is 28.0 Å². The van der Waals surface area contributed by atoms with Crippen LogP contribution >= 0.6 is 27.3 Å². The standard InChI is InChI=1S/C11H9BrN2O3S/c12-8-6-10(14(15)16)11(13-7-8)17-4-3-9-2-1-5-18-9/h1-2,5-7H,3-4H2. The Kier molecular flexibility index (Phi) is 4.27. The van der Waals surface area contributed by atoms with Gasteiger partial charge in [-0.2, -0.15) is 0 Å². The zero-order chi connectivity index (χ0) is 13.0. The van der Waals surface area contributed by atoms with E-state index >= 15 is 0 Å². The van der Waals surface area contributed by atoms with Crippen molar-refractivity contribution < 1.29 is 9.66 Å². The number of pyridine rings is 1. The molecule has 0 N–H and O–H groups in total. The topological polar surface area (TPSA) is 65.3 Å². The summed E-state index contributed by atoms with van der Waals surface area (Å²) >= 11 is 4.77. The fourth-order valence-electron chi connectivity index (χ4n) is 1.36. The number of hydrogen-bond donors (Lipinski definition) is 0. The molecule has 0 fully saturated rings. The molecule has 0 saturated carbocycles. The molecule has 0 spiro atoms. The summed E-state index contributed by atoms with van der Waals surface area (Å²) < 4.78 is 5.92. The fourth-order valence-corrected chi connectivity index (χ4v) is 2.37. The van der Waals surface area contributed by atoms with Crippen molar-refractivity contribution in [1.29, 1.82) is 0 Å². The molecule has 2 aromatic rings. The SMILES string of the molecule is O=[N+]([O-])c1cc(Br)cnc1OCCc1cccs1. The number of hydrogen-bond acceptors (Lipinski definition) is 5. The summed E-state index contributed by atoms with van der Waals surface area (Å²) in [5.74, 6) is 0.0553. The van der Waals surface area contributed by atoms with Crippen LogP contribution in [0.5, 0.6) is 5.88 Å². The van der Waals surface area contributed by atoms with Crippen molar-refractivity contribution >= 4 is 33.0 Å². The molecule has 5 nitrogen and oxygen atoms in total. The monoisotopic (exact) mass is 328 g/mol. The number of nitro groups is 1. The molecule has 0 bridgehead atoms. The molecule has 2 heterocycles. The lowest BCUT2D eigenvalue weighted by Gasteiger charge is -2.04. The number of aromatic nitrogens is 1. The number of nitrogens with zero attached hydrogens (tertiary/aromatic N) is 2. The highest BCUT2D eigenvalue weighted by Gasteiger charge is 2.17. The quantitative estimate of drug-likeness (QED) is 0.623. The summed E-state index contributed by atoms with van der Waals surface area (Å²) in [6, 6.07) is 5.34. The largest absolute Gasteiger partial charge is 0.472 e. The molecule has 0 unspecified atom stereocenters. The van der Waals surface area contributed by atoms with Crippen molar-refractivity contribution in [2.24, 2.45) is 0 Å². The second kappa shape index (κ2) is 5.92. The van der Waals surface area contributed by atoms with Gasteiger partial charge in [-0.25, -0.2) is 4.98 Å². The zero-order valence-corrected chi connectivity index (χ0v) is 11.6. The minimum absolute atomic E-state index is 0.0553. The Morgan fingerprint density at radius 1 is 1.56 bits per heavy atom. The second-order valence-electron chi connectivity index (χ2n) is 3.41. The summed E-state index contributed by atoms with van der Waals surface area (Å²) in [6.45, 7) is 0.371. The van der Waals surface area contributed by atoms with Crippen LogP contribution in [0.2, 0.25) is 0 Å². The van der Waals surface area contributed by atoms with E-state index in [2.05, 4.69) is 20.9 Å². The average molecular weight is 329 g/mol. The maximum atomic E-state index is 10.8. The number of thiophene rings is 1. The molecule has 0 saturated heterocycles. The Balaban J connectivity index is 2.02. The molecule has 0 aromatic carbocycles. The molecule has 7 heteroatoms. The van der Waals surface area contributed by atoms with Gasteiger partial charge < -0.3 is 4.74 Å². The van der Waals surface area contributed by atoms with Gasteiger partial charge in [-0.05, 0) is 27.4 Å². The van der Waals surface area contributed by atoms with E-state index in [1.165, 1.54) is 17.1 Å². The van der Waals surface area contributed by atoms with Crippen LogP contribution in [0.15, 0.2) is 34.2 Å². The van der Waals surface area contributed by atoms with Crippen LogP contribution < -0.4 is 4.74 Å². The first kappa shape index (κ1) is 13.0. The summed E-state index contributed by atoms with van der Waals surface area (Å²) in [7, 11) is 0. The van der Waals surface area contributed by atoms with Crippen molar-refractivity contribution in [3.63, 3.8) is 0 Å². The first-order valence-electron chi connectivity index (χ1n) is 5.12. The molecule has 0 aliphatic carbocycles. The third-order valence-electron chi connectivity index (χ3n) is 2.16. The lowest BCUT2D eigenvalue weighted by Crippen LogP contribution is -2.04. The summed E-state index contributed by atoms with van der Waals surface area (Å²) in [5.41, 5.74) is -0.129. The molecular formula is C11H9BrN2O3S. The van der Waals surface area contributed by atoms with Gasteiger partial charge in [-0.15, -0.1) is 11.3 Å². The van der Waals surface area contributed by atoms with Gasteiger partial charge in [0.2, 0.25) is 0 Å². The summed E-state index contributed by atoms with van der Waals surface area (Å²) in [5, 5.41) is 12.8. The maximum absolute atomic E-state index is 10.8. The average Bonchev–Trinajstić information content (AvgIpc) is 2.84. The van der Waals surface area contributed by atoms with Crippen LogP contribution in [0.3, 0.4) is 0 Å². The van der Waals surface area contributed by atoms with Crippen molar-refractivity contribution in [3.8, 4) is 5.88 Å². The van der Waals surface area contributed by atoms with E-state index in [1.54, 1.807) is 11.3 Å². The van der Waals surface area contributed by atoms with E-state index in [4.69, 9.17) is 4.74 Å². The van der Waals surface area contributed by atoms with Crippen LogP contribution in [-0.4, -0.2) is 16.5 Å². The smallest absolute Gasteiger partial charge is 0.332 e. The lowest BCUT2D eigenvalue weighted by atomic mass is 10.3. The Hall–Kier alpha value is -1.47. The van der Waals surface area contributed by atoms with Crippen molar-refractivity contribution in [2.75, 3.05) is 6.61 Å². The highest BCUT2D eigenvalue weighted by atomic mass is 79.9. The predicted octanol–water partition coefficient (Wildman–Crippen LogP) is 3.44. The minimum atomic E-state index is -0.502. The third-order valence-corrected chi connectivity index (χ3v) is 3.53. The van der Waals surface area contributed by atoms with Crippen molar-refractivity contribution in [2.45, 2.75) is 6.42 Å². The van der Waals surface area contributed by atoms with Gasteiger partial charge in [0.15, 0.2) is 0 Å². The number of halogens is 1. The molecule has 94 valence electrons. The molecular weight excluding hydrogens is 320 g/mol. The molecule has 0 radical (unpaired) electrons. The molecule has 2 rings (SSSR count). The van der Waals surface area contributed by atoms with Gasteiger partial charge in [-0.3, -0.25) is 10.1 Å². The van der Waals surface area contributed by atoms with Crippen LogP contribution in [0.1, 0.15) is 4.88 Å². The zero-order valence-electron chi connectivity index (χ0n) is 9.21. The molecule has 2 aromatic heterocycles. The molecule has 0 aliphatic rings. The van der Waals surface area contributed by atoms with Gasteiger partial charge in [0.1, 0.15) is 0 Å². The summed E-state index contributed by atoms with van der Waals surface area (Å²) in [6.07, 6.45) is 2.19. The Labute approximate surface area is 116 Å². The first-order valence-corrected chi connectivity index (χ1v) is 6.79. The van der Waals surface area contributed by atoms with Gasteiger partial charge in [-0.1, -0.05) is 6.07 Å². The van der Waals surface area contributed by atoms with Crippen molar-refractivity contribution in [3.05, 3.63) is 49.2 Å². The van der Waals surface area contributed by atoms with Gasteiger partial charge in [0.05, 0.1) is 11.5 Å². The molecule has 18 heavy (non-hydrogen) atoms. The predicted molar refractivity (Wildman–Crippen MR) is 72.1 cm³/mol. The number of rotatable bonds is 5. The summed E-state index contributed by atoms with van der Waals surface area (Å²) in [4.78, 5) is 15.4. The normalized spacial score (nSPS) is 10.3. The Morgan fingerprint density at radius 2 is 2.39 bits per heavy atom. The lowest BCUT2D eigenvalue weighted by molar-refractivity contribution is -0.386. The highest BCUT2D eigenvalue weighted by Crippen LogP contribution is 2.27. The van der Waals surface area contributed by atoms with E-state index in [-0.39, 0.29) is 11.6 Å². The van der Waals surface area contributed by atoms with E-state index in [0.29, 0.717) is 17.5 Å². The molecule has 0 atom stereocenters. The Morgan fingerprint density at radius 3 is 3.06 bits per heavy atom. The number of ether oxygens (including phenoxy) is 1. The van der Waals surface area contributed by atoms with Gasteiger partial charge in [0.25, 0.3) is 5.88 Å². The molecule has 0 aliphatic heterocycles. The Bertz CT molecular complexity index is 545. The van der Waals surface area contributed by atoms with Crippen molar-refractivity contribution in [1.82, 2.24) is 4.98 Å². The first-order chi connectivity index (χ1) is 8.66. The van der Waals surface area contributed by atoms with Crippen LogP contribution in [0.25, 0.3) is 0 Å². The van der Waals surface area contributed by atoms with E-state index in [9.17, 15) is 10.1 Å². The van der Waals surface area contributed by atoms with E-state index in [1.807, 2.05) is 17.5 Å². The van der Waals surface area contributed by atoms with Crippen LogP contribution in [0.4, 0.5) is 5.69 Å². The maximum Gasteiger partial charge on any atom is 0.332 e. The van der Waals surface area contributed by atoms with Crippen LogP contribution in [-0.2, 0) is 6.42 Å². The van der Waals surface area contributed by atoms with E-state index in [0.717, 1.165) is 0 Å². The van der Waals surface area contributed by atoms with Gasteiger partial charge >= 0.3 is 5.69 Å². The third kappa shape index (κ3) is 3.27. The minimum Gasteiger partial charge on any atom is -0.472 e. The van der Waals surface area contributed by atoms with Crippen LogP contribution in [0, 0.1) is 10.1 Å². The van der Waals surface area contributed by atoms with E-state index < -0.39 is 4.92 Å². The second-order valence-corrected chi connectivity index (χ2v) is 5.36.